The maximum atomic E-state index is 3.13. The van der Waals surface area contributed by atoms with Gasteiger partial charge in [-0.1, -0.05) is 28.9 Å². The summed E-state index contributed by atoms with van der Waals surface area (Å²) in [5.41, 5.74) is 0. The molecule has 0 aliphatic rings. The molecule has 0 aliphatic heterocycles. The van der Waals surface area contributed by atoms with Crippen molar-refractivity contribution in [1.29, 1.82) is 0 Å². The Balaban J connectivity index is -0.0000000267. The van der Waals surface area contributed by atoms with Crippen LogP contribution in [-0.4, -0.2) is 23.1 Å². The average molecular weight is 161 g/mol. The van der Waals surface area contributed by atoms with Gasteiger partial charge in [0.25, 0.3) is 0 Å². The second kappa shape index (κ2) is 9.37. The molecule has 0 aromatic rings. The summed E-state index contributed by atoms with van der Waals surface area (Å²) in [5.74, 6) is 0. The first-order valence-electron chi connectivity index (χ1n) is 1.67. The molecule has 0 nitrogen and oxygen atoms in total. The van der Waals surface area contributed by atoms with E-state index in [1.807, 2.05) is 11.1 Å². The molecule has 0 aliphatic carbocycles. The first-order chi connectivity index (χ1) is 2.41. The van der Waals surface area contributed by atoms with Crippen molar-refractivity contribution < 1.29 is 2.85 Å². The Kier molecular flexibility index (Phi) is 15.7. The number of halogens is 1. The second-order valence-corrected chi connectivity index (χ2v) is 1.30. The molecule has 0 aromatic heterocycles. The minimum absolute atomic E-state index is 0. The van der Waals surface area contributed by atoms with Crippen LogP contribution in [0.2, 0.25) is 0 Å². The standard InChI is InChI=1S/C4H7Br.Mg.2H/c1-2-3-4-5;;;/h3-4H,2H2,1H3;;;/q;+2;2*-1. The summed E-state index contributed by atoms with van der Waals surface area (Å²) in [4.78, 5) is 1.87. The second-order valence-electron chi connectivity index (χ2n) is 0.770. The van der Waals surface area contributed by atoms with E-state index in [-0.39, 0.29) is 25.9 Å². The molecule has 0 saturated carbocycles. The molecule has 0 saturated heterocycles. The fourth-order valence-corrected chi connectivity index (χ4v) is 0.463. The van der Waals surface area contributed by atoms with Crippen LogP contribution in [0, 0.1) is 0 Å². The van der Waals surface area contributed by atoms with Gasteiger partial charge in [-0.15, -0.1) is 0 Å². The average Bonchev–Trinajstić information content (AvgIpc) is 1.41. The molecule has 0 atom stereocenters. The molecular formula is C4H9BrMg. The molecule has 0 N–H and O–H groups in total. The minimum atomic E-state index is 0. The monoisotopic (exact) mass is 160 g/mol. The first-order valence-corrected chi connectivity index (χ1v) is 2.58. The van der Waals surface area contributed by atoms with Gasteiger partial charge in [-0.2, -0.15) is 0 Å². The molecule has 0 spiro atoms. The Labute approximate surface area is 66.3 Å². The molecule has 2 heteroatoms. The molecule has 0 radical (unpaired) electrons. The Bertz CT molecular complexity index is 41.0. The van der Waals surface area contributed by atoms with Gasteiger partial charge >= 0.3 is 23.1 Å². The van der Waals surface area contributed by atoms with E-state index in [4.69, 9.17) is 0 Å². The topological polar surface area (TPSA) is 0 Å². The molecule has 0 fully saturated rings. The zero-order valence-corrected chi connectivity index (χ0v) is 6.95. The van der Waals surface area contributed by atoms with Gasteiger partial charge < -0.3 is 2.85 Å². The molecular weight excluding hydrogens is 152 g/mol. The smallest absolute Gasteiger partial charge is 1.00 e. The van der Waals surface area contributed by atoms with E-state index in [0.717, 1.165) is 6.42 Å². The molecule has 0 bridgehead atoms. The fourth-order valence-electron chi connectivity index (χ4n) is 0.0891. The van der Waals surface area contributed by atoms with Crippen molar-refractivity contribution in [2.75, 3.05) is 0 Å². The zero-order valence-electron chi connectivity index (χ0n) is 5.95. The summed E-state index contributed by atoms with van der Waals surface area (Å²) in [7, 11) is 0. The van der Waals surface area contributed by atoms with Crippen LogP contribution >= 0.6 is 15.9 Å². The maximum absolute atomic E-state index is 3.13. The Morgan fingerprint density at radius 1 is 1.83 bits per heavy atom. The zero-order chi connectivity index (χ0) is 4.12. The van der Waals surface area contributed by atoms with Gasteiger partial charge in [0.05, 0.1) is 0 Å². The van der Waals surface area contributed by atoms with E-state index < -0.39 is 0 Å². The van der Waals surface area contributed by atoms with E-state index in [1.54, 1.807) is 0 Å². The van der Waals surface area contributed by atoms with Crippen LogP contribution in [0.4, 0.5) is 0 Å². The Morgan fingerprint density at radius 2 is 2.33 bits per heavy atom. The molecule has 6 heavy (non-hydrogen) atoms. The van der Waals surface area contributed by atoms with Crippen LogP contribution in [0.5, 0.6) is 0 Å². The van der Waals surface area contributed by atoms with E-state index in [0.29, 0.717) is 0 Å². The van der Waals surface area contributed by atoms with Gasteiger partial charge in [0.1, 0.15) is 0 Å². The Hall–Kier alpha value is 0.986. The summed E-state index contributed by atoms with van der Waals surface area (Å²) < 4.78 is 0. The molecule has 0 unspecified atom stereocenters. The van der Waals surface area contributed by atoms with Gasteiger partial charge in [0, 0.05) is 0 Å². The van der Waals surface area contributed by atoms with E-state index in [9.17, 15) is 0 Å². The van der Waals surface area contributed by atoms with Gasteiger partial charge in [0.15, 0.2) is 0 Å². The van der Waals surface area contributed by atoms with E-state index in [2.05, 4.69) is 22.9 Å². The van der Waals surface area contributed by atoms with Crippen molar-refractivity contribution in [2.45, 2.75) is 13.3 Å². The van der Waals surface area contributed by atoms with Crippen LogP contribution in [0.25, 0.3) is 0 Å². The minimum Gasteiger partial charge on any atom is -1.00 e. The van der Waals surface area contributed by atoms with Crippen molar-refractivity contribution in [3.63, 3.8) is 0 Å². The van der Waals surface area contributed by atoms with Gasteiger partial charge in [-0.3, -0.25) is 0 Å². The van der Waals surface area contributed by atoms with Crippen LogP contribution in [0.15, 0.2) is 11.1 Å². The fraction of sp³-hybridized carbons (Fsp3) is 0.500. The largest absolute Gasteiger partial charge is 2.00 e. The SMILES string of the molecule is CCC=CBr.[H-].[H-].[Mg+2]. The van der Waals surface area contributed by atoms with Crippen LogP contribution < -0.4 is 0 Å². The third-order valence-electron chi connectivity index (χ3n) is 0.325. The van der Waals surface area contributed by atoms with Gasteiger partial charge in [0.2, 0.25) is 0 Å². The maximum Gasteiger partial charge on any atom is 2.00 e. The van der Waals surface area contributed by atoms with Crippen molar-refractivity contribution in [1.82, 2.24) is 0 Å². The predicted molar refractivity (Wildman–Crippen MR) is 36.3 cm³/mol. The van der Waals surface area contributed by atoms with Crippen LogP contribution in [-0.2, 0) is 0 Å². The molecule has 0 rings (SSSR count). The van der Waals surface area contributed by atoms with Crippen molar-refractivity contribution >= 4 is 39.0 Å². The van der Waals surface area contributed by atoms with E-state index >= 15 is 0 Å². The number of rotatable bonds is 1. The van der Waals surface area contributed by atoms with Crippen molar-refractivity contribution in [3.05, 3.63) is 11.1 Å². The first kappa shape index (κ1) is 10.1. The van der Waals surface area contributed by atoms with E-state index in [1.165, 1.54) is 0 Å². The van der Waals surface area contributed by atoms with Crippen LogP contribution in [0.1, 0.15) is 16.2 Å². The number of hydrogen-bond donors (Lipinski definition) is 0. The summed E-state index contributed by atoms with van der Waals surface area (Å²) in [6.07, 6.45) is 3.16. The number of hydrogen-bond acceptors (Lipinski definition) is 0. The van der Waals surface area contributed by atoms with Crippen molar-refractivity contribution in [3.8, 4) is 0 Å². The molecule has 0 aromatic carbocycles. The Morgan fingerprint density at radius 3 is 2.33 bits per heavy atom. The molecule has 0 amide bonds. The quantitative estimate of drug-likeness (QED) is 0.517. The molecule has 34 valence electrons. The predicted octanol–water partition coefficient (Wildman–Crippen LogP) is 2.15. The number of allylic oxidation sites excluding steroid dienone is 1. The molecule has 0 heterocycles. The normalized spacial score (nSPS) is 8.33. The summed E-state index contributed by atoms with van der Waals surface area (Å²) >= 11 is 3.13. The van der Waals surface area contributed by atoms with Crippen molar-refractivity contribution in [2.24, 2.45) is 0 Å². The summed E-state index contributed by atoms with van der Waals surface area (Å²) in [5, 5.41) is 0. The third kappa shape index (κ3) is 8.88. The third-order valence-corrected chi connectivity index (χ3v) is 0.699. The van der Waals surface area contributed by atoms with Gasteiger partial charge in [-0.25, -0.2) is 0 Å². The van der Waals surface area contributed by atoms with Crippen LogP contribution in [0.3, 0.4) is 0 Å². The summed E-state index contributed by atoms with van der Waals surface area (Å²) in [6.45, 7) is 2.10. The van der Waals surface area contributed by atoms with Gasteiger partial charge in [-0.05, 0) is 11.4 Å². The summed E-state index contributed by atoms with van der Waals surface area (Å²) in [6, 6.07) is 0.